The normalized spacial score (nSPS) is 17.1. The minimum Gasteiger partial charge on any atom is -0.320 e. The fourth-order valence-electron chi connectivity index (χ4n) is 3.67. The molecule has 1 saturated heterocycles. The second kappa shape index (κ2) is 8.66. The number of benzene rings is 2. The molecule has 2 aromatic carbocycles. The number of sulfonamides is 1. The number of hydrogen-bond donors (Lipinski definition) is 1. The van der Waals surface area contributed by atoms with Gasteiger partial charge in [0.15, 0.2) is 0 Å². The third kappa shape index (κ3) is 4.64. The summed E-state index contributed by atoms with van der Waals surface area (Å²) in [6, 6.07) is 11.6. The first-order valence-electron chi connectivity index (χ1n) is 9.74. The molecular formula is C21H21ClN4O3S2. The molecule has 1 aliphatic rings. The van der Waals surface area contributed by atoms with Gasteiger partial charge in [-0.1, -0.05) is 29.0 Å². The molecule has 0 saturated carbocycles. The van der Waals surface area contributed by atoms with Crippen molar-refractivity contribution in [1.82, 2.24) is 14.5 Å². The highest BCUT2D eigenvalue weighted by molar-refractivity contribution is 7.89. The summed E-state index contributed by atoms with van der Waals surface area (Å²) in [5.74, 6) is -0.396. The highest BCUT2D eigenvalue weighted by Gasteiger charge is 2.38. The van der Waals surface area contributed by atoms with Gasteiger partial charge in [-0.3, -0.25) is 4.79 Å². The summed E-state index contributed by atoms with van der Waals surface area (Å²) in [6.07, 6.45) is 1.36. The summed E-state index contributed by atoms with van der Waals surface area (Å²) in [5.41, 5.74) is 2.38. The third-order valence-electron chi connectivity index (χ3n) is 5.03. The number of anilines is 1. The Morgan fingerprint density at radius 2 is 1.81 bits per heavy atom. The maximum absolute atomic E-state index is 13.3. The van der Waals surface area contributed by atoms with Crippen LogP contribution in [-0.4, -0.2) is 35.4 Å². The molecule has 4 rings (SSSR count). The molecular weight excluding hydrogens is 456 g/mol. The van der Waals surface area contributed by atoms with E-state index in [9.17, 15) is 13.2 Å². The van der Waals surface area contributed by atoms with Crippen LogP contribution in [0.15, 0.2) is 47.4 Å². The molecule has 2 heterocycles. The highest BCUT2D eigenvalue weighted by atomic mass is 35.5. The van der Waals surface area contributed by atoms with Crippen molar-refractivity contribution in [2.75, 3.05) is 11.9 Å². The summed E-state index contributed by atoms with van der Waals surface area (Å²) in [6.45, 7) is 4.17. The van der Waals surface area contributed by atoms with Crippen molar-refractivity contribution in [3.8, 4) is 0 Å². The van der Waals surface area contributed by atoms with Crippen molar-refractivity contribution < 1.29 is 13.2 Å². The zero-order valence-corrected chi connectivity index (χ0v) is 19.4. The zero-order valence-electron chi connectivity index (χ0n) is 17.0. The number of halogens is 1. The quantitative estimate of drug-likeness (QED) is 0.581. The van der Waals surface area contributed by atoms with Gasteiger partial charge in [-0.15, -0.1) is 10.2 Å². The van der Waals surface area contributed by atoms with Crippen molar-refractivity contribution in [3.63, 3.8) is 0 Å². The lowest BCUT2D eigenvalue weighted by atomic mass is 10.2. The van der Waals surface area contributed by atoms with E-state index >= 15 is 0 Å². The van der Waals surface area contributed by atoms with E-state index in [4.69, 9.17) is 11.6 Å². The van der Waals surface area contributed by atoms with Crippen LogP contribution < -0.4 is 5.32 Å². The van der Waals surface area contributed by atoms with Crippen molar-refractivity contribution in [2.45, 2.75) is 37.6 Å². The summed E-state index contributed by atoms with van der Waals surface area (Å²) in [7, 11) is -3.69. The summed E-state index contributed by atoms with van der Waals surface area (Å²) >= 11 is 6.98. The molecule has 31 heavy (non-hydrogen) atoms. The standard InChI is InChI=1S/C21H21ClN4O3S2/c1-13-10-14(2)12-17(11-13)31(28,29)26-9-3-4-18(26)20-24-25-21(30-20)19(27)23-16-7-5-15(22)6-8-16/h5-8,10-12,18H,3-4,9H2,1-2H3,(H,23,27)/t18-/m1/s1. The van der Waals surface area contributed by atoms with Crippen LogP contribution in [0.1, 0.15) is 44.8 Å². The molecule has 1 atom stereocenters. The summed E-state index contributed by atoms with van der Waals surface area (Å²) in [5, 5.41) is 12.2. The van der Waals surface area contributed by atoms with Crippen LogP contribution in [0.5, 0.6) is 0 Å². The van der Waals surface area contributed by atoms with E-state index in [1.165, 1.54) is 4.31 Å². The number of aryl methyl sites for hydroxylation is 2. The second-order valence-electron chi connectivity index (χ2n) is 7.50. The van der Waals surface area contributed by atoms with Crippen molar-refractivity contribution in [2.24, 2.45) is 0 Å². The number of nitrogens with one attached hydrogen (secondary N) is 1. The molecule has 10 heteroatoms. The average Bonchev–Trinajstić information content (AvgIpc) is 3.38. The molecule has 1 N–H and O–H groups in total. The number of aromatic nitrogens is 2. The molecule has 1 aromatic heterocycles. The van der Waals surface area contributed by atoms with Crippen LogP contribution in [0, 0.1) is 13.8 Å². The Labute approximate surface area is 190 Å². The van der Waals surface area contributed by atoms with E-state index in [0.29, 0.717) is 28.7 Å². The first-order valence-corrected chi connectivity index (χ1v) is 12.4. The first kappa shape index (κ1) is 21.9. The number of hydrogen-bond acceptors (Lipinski definition) is 6. The lowest BCUT2D eigenvalue weighted by Crippen LogP contribution is -2.30. The van der Waals surface area contributed by atoms with Crippen molar-refractivity contribution >= 4 is 44.6 Å². The number of carbonyl (C=O) groups is 1. The number of rotatable bonds is 5. The predicted octanol–water partition coefficient (Wildman–Crippen LogP) is 4.59. The molecule has 162 valence electrons. The molecule has 0 aliphatic carbocycles. The number of carbonyl (C=O) groups excluding carboxylic acids is 1. The molecule has 1 amide bonds. The van der Waals surface area contributed by atoms with Gasteiger partial charge in [0.05, 0.1) is 10.9 Å². The van der Waals surface area contributed by atoms with Crippen molar-refractivity contribution in [1.29, 1.82) is 0 Å². The van der Waals surface area contributed by atoms with Crippen LogP contribution >= 0.6 is 22.9 Å². The fraction of sp³-hybridized carbons (Fsp3) is 0.286. The Morgan fingerprint density at radius 1 is 1.13 bits per heavy atom. The average molecular weight is 477 g/mol. The van der Waals surface area contributed by atoms with Crippen LogP contribution in [0.3, 0.4) is 0 Å². The van der Waals surface area contributed by atoms with E-state index in [-0.39, 0.29) is 9.90 Å². The minimum absolute atomic E-state index is 0.181. The third-order valence-corrected chi connectivity index (χ3v) is 8.19. The van der Waals surface area contributed by atoms with E-state index < -0.39 is 22.0 Å². The van der Waals surface area contributed by atoms with Gasteiger partial charge in [-0.25, -0.2) is 8.42 Å². The van der Waals surface area contributed by atoms with Crippen molar-refractivity contribution in [3.05, 3.63) is 68.6 Å². The van der Waals surface area contributed by atoms with E-state index in [2.05, 4.69) is 15.5 Å². The Hall–Kier alpha value is -2.33. The molecule has 0 spiro atoms. The SMILES string of the molecule is Cc1cc(C)cc(S(=O)(=O)N2CCC[C@@H]2c2nnc(C(=O)Nc3ccc(Cl)cc3)s2)c1. The highest BCUT2D eigenvalue weighted by Crippen LogP contribution is 2.38. The fourth-order valence-corrected chi connectivity index (χ4v) is 6.60. The molecule has 0 unspecified atom stereocenters. The van der Waals surface area contributed by atoms with E-state index in [0.717, 1.165) is 28.9 Å². The van der Waals surface area contributed by atoms with Crippen LogP contribution in [0.4, 0.5) is 5.69 Å². The minimum atomic E-state index is -3.69. The van der Waals surface area contributed by atoms with Gasteiger partial charge in [0, 0.05) is 17.3 Å². The zero-order chi connectivity index (χ0) is 22.2. The van der Waals surface area contributed by atoms with Gasteiger partial charge in [-0.2, -0.15) is 4.31 Å². The smallest absolute Gasteiger partial charge is 0.286 e. The second-order valence-corrected chi connectivity index (χ2v) is 10.8. The summed E-state index contributed by atoms with van der Waals surface area (Å²) in [4.78, 5) is 12.8. The maximum atomic E-state index is 13.3. The topological polar surface area (TPSA) is 92.3 Å². The Bertz CT molecular complexity index is 1210. The van der Waals surface area contributed by atoms with Crippen LogP contribution in [-0.2, 0) is 10.0 Å². The van der Waals surface area contributed by atoms with Gasteiger partial charge >= 0.3 is 0 Å². The lowest BCUT2D eigenvalue weighted by Gasteiger charge is -2.22. The molecule has 3 aromatic rings. The monoisotopic (exact) mass is 476 g/mol. The molecule has 1 fully saturated rings. The lowest BCUT2D eigenvalue weighted by molar-refractivity contribution is 0.102. The molecule has 0 bridgehead atoms. The number of amides is 1. The molecule has 7 nitrogen and oxygen atoms in total. The Balaban J connectivity index is 1.56. The largest absolute Gasteiger partial charge is 0.320 e. The Morgan fingerprint density at radius 3 is 2.48 bits per heavy atom. The maximum Gasteiger partial charge on any atom is 0.286 e. The molecule has 1 aliphatic heterocycles. The van der Waals surface area contributed by atoms with Gasteiger partial charge in [-0.05, 0) is 74.2 Å². The van der Waals surface area contributed by atoms with E-state index in [1.807, 2.05) is 19.9 Å². The van der Waals surface area contributed by atoms with Crippen LogP contribution in [0.25, 0.3) is 0 Å². The van der Waals surface area contributed by atoms with Gasteiger partial charge in [0.25, 0.3) is 5.91 Å². The first-order chi connectivity index (χ1) is 14.7. The van der Waals surface area contributed by atoms with Gasteiger partial charge in [0.2, 0.25) is 15.0 Å². The van der Waals surface area contributed by atoms with Gasteiger partial charge < -0.3 is 5.32 Å². The Kier molecular flexibility index (Phi) is 6.11. The van der Waals surface area contributed by atoms with Gasteiger partial charge in [0.1, 0.15) is 5.01 Å². The number of nitrogens with zero attached hydrogens (tertiary/aromatic N) is 3. The molecule has 0 radical (unpaired) electrons. The van der Waals surface area contributed by atoms with E-state index in [1.54, 1.807) is 36.4 Å². The predicted molar refractivity (Wildman–Crippen MR) is 121 cm³/mol. The summed E-state index contributed by atoms with van der Waals surface area (Å²) < 4.78 is 28.1. The van der Waals surface area contributed by atoms with Crippen LogP contribution in [0.2, 0.25) is 5.02 Å².